The highest BCUT2D eigenvalue weighted by Gasteiger charge is 2.15. The van der Waals surface area contributed by atoms with Crippen LogP contribution in [0.25, 0.3) is 0 Å². The fourth-order valence-corrected chi connectivity index (χ4v) is 3.75. The van der Waals surface area contributed by atoms with E-state index in [4.69, 9.17) is 0 Å². The molecule has 2 aromatic carbocycles. The van der Waals surface area contributed by atoms with Gasteiger partial charge in [-0.1, -0.05) is 23.9 Å². The minimum atomic E-state index is -0.556. The molecule has 166 valence electrons. The SMILES string of the molecule is Cc1cc(C)cc(NC(=O)CSc2nnc(CNC(=O)c3cccc([N+](=O)[O-])c3)n2C)c1. The summed E-state index contributed by atoms with van der Waals surface area (Å²) < 4.78 is 1.68. The van der Waals surface area contributed by atoms with E-state index in [-0.39, 0.29) is 29.5 Å². The highest BCUT2D eigenvalue weighted by molar-refractivity contribution is 7.99. The Bertz CT molecular complexity index is 1160. The van der Waals surface area contributed by atoms with Crippen LogP contribution in [-0.2, 0) is 18.4 Å². The minimum Gasteiger partial charge on any atom is -0.345 e. The van der Waals surface area contributed by atoms with Gasteiger partial charge in [-0.05, 0) is 43.2 Å². The van der Waals surface area contributed by atoms with E-state index in [0.29, 0.717) is 11.0 Å². The standard InChI is InChI=1S/C21H22N6O4S/c1-13-7-14(2)9-16(8-13)23-19(28)12-32-21-25-24-18(26(21)3)11-22-20(29)15-5-4-6-17(10-15)27(30)31/h4-10H,11-12H2,1-3H3,(H,22,29)(H,23,28). The van der Waals surface area contributed by atoms with Crippen LogP contribution in [0.15, 0.2) is 47.6 Å². The van der Waals surface area contributed by atoms with Gasteiger partial charge in [0.25, 0.3) is 11.6 Å². The zero-order valence-electron chi connectivity index (χ0n) is 17.8. The minimum absolute atomic E-state index is 0.0837. The summed E-state index contributed by atoms with van der Waals surface area (Å²) in [6.07, 6.45) is 0. The molecule has 1 aromatic heterocycles. The highest BCUT2D eigenvalue weighted by atomic mass is 32.2. The fourth-order valence-electron chi connectivity index (χ4n) is 3.02. The van der Waals surface area contributed by atoms with Crippen molar-refractivity contribution in [3.05, 3.63) is 75.1 Å². The lowest BCUT2D eigenvalue weighted by Crippen LogP contribution is -2.24. The van der Waals surface area contributed by atoms with Crippen molar-refractivity contribution in [1.82, 2.24) is 20.1 Å². The Morgan fingerprint density at radius 3 is 2.53 bits per heavy atom. The first kappa shape index (κ1) is 22.9. The van der Waals surface area contributed by atoms with E-state index in [2.05, 4.69) is 20.8 Å². The smallest absolute Gasteiger partial charge is 0.270 e. The Labute approximate surface area is 188 Å². The molecule has 0 atom stereocenters. The second-order valence-corrected chi connectivity index (χ2v) is 8.10. The molecular formula is C21H22N6O4S. The Balaban J connectivity index is 1.54. The average molecular weight is 455 g/mol. The molecule has 2 amide bonds. The predicted molar refractivity (Wildman–Crippen MR) is 121 cm³/mol. The lowest BCUT2D eigenvalue weighted by atomic mass is 10.1. The van der Waals surface area contributed by atoms with Gasteiger partial charge in [0.15, 0.2) is 11.0 Å². The molecule has 3 aromatic rings. The van der Waals surface area contributed by atoms with Gasteiger partial charge in [0.05, 0.1) is 17.2 Å². The predicted octanol–water partition coefficient (Wildman–Crippen LogP) is 3.00. The molecule has 0 fully saturated rings. The van der Waals surface area contributed by atoms with Gasteiger partial charge in [-0.2, -0.15) is 0 Å². The number of aryl methyl sites for hydroxylation is 2. The number of hydrogen-bond donors (Lipinski definition) is 2. The molecule has 0 aliphatic rings. The molecule has 0 unspecified atom stereocenters. The van der Waals surface area contributed by atoms with Gasteiger partial charge in [-0.3, -0.25) is 19.7 Å². The van der Waals surface area contributed by atoms with Gasteiger partial charge < -0.3 is 15.2 Å². The summed E-state index contributed by atoms with van der Waals surface area (Å²) >= 11 is 1.23. The third-order valence-corrected chi connectivity index (χ3v) is 5.51. The van der Waals surface area contributed by atoms with Crippen molar-refractivity contribution in [3.63, 3.8) is 0 Å². The van der Waals surface area contributed by atoms with Crippen molar-refractivity contribution >= 4 is 35.0 Å². The number of amides is 2. The second-order valence-electron chi connectivity index (χ2n) is 7.16. The molecule has 1 heterocycles. The second kappa shape index (κ2) is 10.1. The number of carbonyl (C=O) groups excluding carboxylic acids is 2. The Kier molecular flexibility index (Phi) is 7.21. The normalized spacial score (nSPS) is 10.6. The highest BCUT2D eigenvalue weighted by Crippen LogP contribution is 2.18. The quantitative estimate of drug-likeness (QED) is 0.304. The molecule has 0 aliphatic carbocycles. The van der Waals surface area contributed by atoms with Gasteiger partial charge >= 0.3 is 0 Å². The van der Waals surface area contributed by atoms with Crippen LogP contribution in [0.5, 0.6) is 0 Å². The van der Waals surface area contributed by atoms with Gasteiger partial charge in [-0.15, -0.1) is 10.2 Å². The maximum Gasteiger partial charge on any atom is 0.270 e. The lowest BCUT2D eigenvalue weighted by Gasteiger charge is -2.08. The summed E-state index contributed by atoms with van der Waals surface area (Å²) in [6, 6.07) is 11.3. The summed E-state index contributed by atoms with van der Waals surface area (Å²) in [5.74, 6) is 0.0159. The van der Waals surface area contributed by atoms with Crippen molar-refractivity contribution in [1.29, 1.82) is 0 Å². The molecule has 10 nitrogen and oxygen atoms in total. The summed E-state index contributed by atoms with van der Waals surface area (Å²) in [5.41, 5.74) is 2.90. The molecule has 3 rings (SSSR count). The molecule has 0 spiro atoms. The molecule has 32 heavy (non-hydrogen) atoms. The number of hydrogen-bond acceptors (Lipinski definition) is 7. The van der Waals surface area contributed by atoms with Gasteiger partial charge in [0.1, 0.15) is 0 Å². The summed E-state index contributed by atoms with van der Waals surface area (Å²) in [6.45, 7) is 4.02. The summed E-state index contributed by atoms with van der Waals surface area (Å²) in [4.78, 5) is 34.9. The number of benzene rings is 2. The molecule has 0 aliphatic heterocycles. The van der Waals surface area contributed by atoms with Gasteiger partial charge in [-0.25, -0.2) is 0 Å². The topological polar surface area (TPSA) is 132 Å². The monoisotopic (exact) mass is 454 g/mol. The van der Waals surface area contributed by atoms with E-state index >= 15 is 0 Å². The van der Waals surface area contributed by atoms with E-state index in [9.17, 15) is 19.7 Å². The zero-order chi connectivity index (χ0) is 23.3. The van der Waals surface area contributed by atoms with Crippen LogP contribution >= 0.6 is 11.8 Å². The number of non-ortho nitro benzene ring substituents is 1. The molecule has 0 saturated heterocycles. The maximum absolute atomic E-state index is 12.3. The summed E-state index contributed by atoms with van der Waals surface area (Å²) in [7, 11) is 1.74. The van der Waals surface area contributed by atoms with E-state index in [1.807, 2.05) is 32.0 Å². The summed E-state index contributed by atoms with van der Waals surface area (Å²) in [5, 5.41) is 25.0. The Hall–Kier alpha value is -3.73. The molecule has 2 N–H and O–H groups in total. The van der Waals surface area contributed by atoms with Crippen LogP contribution in [0.4, 0.5) is 11.4 Å². The van der Waals surface area contributed by atoms with Crippen molar-refractivity contribution < 1.29 is 14.5 Å². The number of anilines is 1. The number of nitro groups is 1. The number of aromatic nitrogens is 3. The van der Waals surface area contributed by atoms with Crippen LogP contribution in [-0.4, -0.2) is 37.3 Å². The van der Waals surface area contributed by atoms with Crippen molar-refractivity contribution in [2.24, 2.45) is 7.05 Å². The third-order valence-electron chi connectivity index (χ3n) is 4.49. The zero-order valence-corrected chi connectivity index (χ0v) is 18.6. The van der Waals surface area contributed by atoms with Crippen LogP contribution in [0.3, 0.4) is 0 Å². The number of carbonyl (C=O) groups is 2. The van der Waals surface area contributed by atoms with Crippen molar-refractivity contribution in [2.75, 3.05) is 11.1 Å². The molecule has 0 radical (unpaired) electrons. The molecule has 0 bridgehead atoms. The number of thioether (sulfide) groups is 1. The molecule has 11 heteroatoms. The Morgan fingerprint density at radius 2 is 1.84 bits per heavy atom. The van der Waals surface area contributed by atoms with E-state index in [1.54, 1.807) is 11.6 Å². The van der Waals surface area contributed by atoms with Crippen molar-refractivity contribution in [3.8, 4) is 0 Å². The number of nitrogens with zero attached hydrogens (tertiary/aromatic N) is 4. The van der Waals surface area contributed by atoms with E-state index < -0.39 is 10.8 Å². The van der Waals surface area contributed by atoms with Gasteiger partial charge in [0, 0.05) is 30.4 Å². The van der Waals surface area contributed by atoms with Crippen molar-refractivity contribution in [2.45, 2.75) is 25.5 Å². The first-order valence-electron chi connectivity index (χ1n) is 9.65. The molecular weight excluding hydrogens is 432 g/mol. The first-order valence-corrected chi connectivity index (χ1v) is 10.6. The van der Waals surface area contributed by atoms with Crippen LogP contribution in [0.2, 0.25) is 0 Å². The largest absolute Gasteiger partial charge is 0.345 e. The number of nitrogens with one attached hydrogen (secondary N) is 2. The third kappa shape index (κ3) is 5.91. The average Bonchev–Trinajstić information content (AvgIpc) is 3.09. The van der Waals surface area contributed by atoms with E-state index in [0.717, 1.165) is 16.8 Å². The van der Waals surface area contributed by atoms with Crippen LogP contribution in [0, 0.1) is 24.0 Å². The van der Waals surface area contributed by atoms with Crippen LogP contribution in [0.1, 0.15) is 27.3 Å². The number of nitro benzene ring substituents is 1. The maximum atomic E-state index is 12.3. The van der Waals surface area contributed by atoms with Crippen LogP contribution < -0.4 is 10.6 Å². The van der Waals surface area contributed by atoms with Gasteiger partial charge in [0.2, 0.25) is 5.91 Å². The Morgan fingerprint density at radius 1 is 1.12 bits per heavy atom. The molecule has 0 saturated carbocycles. The van der Waals surface area contributed by atoms with E-state index in [1.165, 1.54) is 36.0 Å². The number of rotatable bonds is 8. The fraction of sp³-hybridized carbons (Fsp3) is 0.238. The first-order chi connectivity index (χ1) is 15.2. The lowest BCUT2D eigenvalue weighted by molar-refractivity contribution is -0.384.